The maximum absolute atomic E-state index is 12.4. The van der Waals surface area contributed by atoms with Gasteiger partial charge in [-0.05, 0) is 47.4 Å². The van der Waals surface area contributed by atoms with Gasteiger partial charge < -0.3 is 24.6 Å². The summed E-state index contributed by atoms with van der Waals surface area (Å²) in [6.07, 6.45) is 2.23. The molecule has 29 heavy (non-hydrogen) atoms. The number of benzene rings is 2. The van der Waals surface area contributed by atoms with E-state index >= 15 is 0 Å². The molecule has 0 atom stereocenters. The summed E-state index contributed by atoms with van der Waals surface area (Å²) in [6.45, 7) is 0.856. The smallest absolute Gasteiger partial charge is 0.259 e. The molecule has 1 aliphatic carbocycles. The van der Waals surface area contributed by atoms with Crippen LogP contribution in [0.15, 0.2) is 59.1 Å². The van der Waals surface area contributed by atoms with Crippen molar-refractivity contribution in [3.8, 4) is 17.4 Å². The van der Waals surface area contributed by atoms with Gasteiger partial charge in [0, 0.05) is 24.7 Å². The van der Waals surface area contributed by atoms with Crippen LogP contribution in [0.5, 0.6) is 11.7 Å². The third-order valence-electron chi connectivity index (χ3n) is 4.76. The van der Waals surface area contributed by atoms with E-state index in [0.717, 1.165) is 24.2 Å². The highest BCUT2D eigenvalue weighted by atomic mass is 32.1. The molecule has 0 spiro atoms. The van der Waals surface area contributed by atoms with Crippen LogP contribution >= 0.6 is 12.2 Å². The van der Waals surface area contributed by atoms with Gasteiger partial charge in [0.05, 0.1) is 12.4 Å². The van der Waals surface area contributed by atoms with Crippen molar-refractivity contribution in [2.24, 2.45) is 0 Å². The monoisotopic (exact) mass is 410 g/mol. The molecular formula is C21H22N4O3S. The van der Waals surface area contributed by atoms with Crippen LogP contribution in [0.2, 0.25) is 0 Å². The minimum atomic E-state index is -0.479. The number of nitrogens with zero attached hydrogens (tertiary/aromatic N) is 3. The summed E-state index contributed by atoms with van der Waals surface area (Å²) in [7, 11) is 1.61. The van der Waals surface area contributed by atoms with Gasteiger partial charge in [0.15, 0.2) is 11.1 Å². The van der Waals surface area contributed by atoms with Gasteiger partial charge >= 0.3 is 0 Å². The number of aromatic nitrogens is 2. The first kappa shape index (κ1) is 19.2. The molecule has 2 aromatic carbocycles. The minimum Gasteiger partial charge on any atom is -0.539 e. The van der Waals surface area contributed by atoms with Crippen LogP contribution in [0, 0.1) is 0 Å². The van der Waals surface area contributed by atoms with Crippen LogP contribution in [0.4, 0.5) is 0 Å². The van der Waals surface area contributed by atoms with Gasteiger partial charge in [-0.15, -0.1) is 0 Å². The van der Waals surface area contributed by atoms with Crippen molar-refractivity contribution in [2.75, 3.05) is 7.11 Å². The van der Waals surface area contributed by atoms with E-state index in [-0.39, 0.29) is 6.54 Å². The average molecular weight is 410 g/mol. The predicted molar refractivity (Wildman–Crippen MR) is 108 cm³/mol. The lowest BCUT2D eigenvalue weighted by Gasteiger charge is -2.24. The summed E-state index contributed by atoms with van der Waals surface area (Å²) in [5.41, 5.74) is 2.23. The second kappa shape index (κ2) is 8.48. The molecule has 0 unspecified atom stereocenters. The van der Waals surface area contributed by atoms with E-state index in [0.29, 0.717) is 29.1 Å². The van der Waals surface area contributed by atoms with Crippen molar-refractivity contribution in [3.63, 3.8) is 0 Å². The number of nitrogens with one attached hydrogen (secondary N) is 1. The van der Waals surface area contributed by atoms with E-state index in [1.807, 2.05) is 59.5 Å². The summed E-state index contributed by atoms with van der Waals surface area (Å²) < 4.78 is 11.7. The number of hydrogen-bond acceptors (Lipinski definition) is 5. The molecule has 1 N–H and O–H groups in total. The number of ether oxygens (including phenoxy) is 1. The van der Waals surface area contributed by atoms with Gasteiger partial charge in [-0.1, -0.05) is 30.3 Å². The fourth-order valence-electron chi connectivity index (χ4n) is 3.00. The Morgan fingerprint density at radius 3 is 2.59 bits per heavy atom. The third-order valence-corrected chi connectivity index (χ3v) is 5.14. The lowest BCUT2D eigenvalue weighted by atomic mass is 10.2. The molecule has 7 nitrogen and oxygen atoms in total. The van der Waals surface area contributed by atoms with Gasteiger partial charge in [-0.2, -0.15) is 0 Å². The van der Waals surface area contributed by atoms with Gasteiger partial charge in [0.25, 0.3) is 5.69 Å². The van der Waals surface area contributed by atoms with E-state index in [4.69, 9.17) is 21.5 Å². The maximum Gasteiger partial charge on any atom is 0.259 e. The normalized spacial score (nSPS) is 13.1. The van der Waals surface area contributed by atoms with Crippen molar-refractivity contribution in [1.29, 1.82) is 0 Å². The molecule has 4 rings (SSSR count). The fourth-order valence-corrected chi connectivity index (χ4v) is 3.30. The Balaban J connectivity index is 1.60. The minimum absolute atomic E-state index is 0.280. The zero-order chi connectivity index (χ0) is 20.2. The van der Waals surface area contributed by atoms with E-state index in [1.165, 1.54) is 4.68 Å². The second-order valence-electron chi connectivity index (χ2n) is 6.98. The van der Waals surface area contributed by atoms with Gasteiger partial charge in [-0.25, -0.2) is 0 Å². The number of rotatable bonds is 7. The average Bonchev–Trinajstić information content (AvgIpc) is 3.50. The van der Waals surface area contributed by atoms with Crippen LogP contribution in [-0.4, -0.2) is 28.4 Å². The fraction of sp³-hybridized carbons (Fsp3) is 0.286. The van der Waals surface area contributed by atoms with E-state index < -0.39 is 5.95 Å². The Bertz CT molecular complexity index is 971. The zero-order valence-electron chi connectivity index (χ0n) is 16.1. The summed E-state index contributed by atoms with van der Waals surface area (Å²) in [6, 6.07) is 17.7. The van der Waals surface area contributed by atoms with Crippen LogP contribution in [0.3, 0.4) is 0 Å². The SMILES string of the molecule is COc1ccc(-[n+]2noc([O-])c2CN(Cc2ccccc2)C(=S)NC2CC2)cc1. The first-order valence-corrected chi connectivity index (χ1v) is 9.86. The summed E-state index contributed by atoms with van der Waals surface area (Å²) in [5, 5.41) is 20.3. The van der Waals surface area contributed by atoms with Gasteiger partial charge in [0.1, 0.15) is 12.3 Å². The molecule has 3 aromatic rings. The lowest BCUT2D eigenvalue weighted by molar-refractivity contribution is -0.678. The number of thiocarbonyl (C=S) groups is 1. The first-order valence-electron chi connectivity index (χ1n) is 9.45. The molecule has 1 saturated carbocycles. The molecule has 1 fully saturated rings. The Hall–Kier alpha value is -3.13. The molecule has 0 amide bonds. The Morgan fingerprint density at radius 2 is 1.93 bits per heavy atom. The standard InChI is InChI=1S/C21H22N4O3S/c1-27-18-11-9-17(10-12-18)25-19(20(26)28-23-25)14-24(21(29)22-16-7-8-16)13-15-5-3-2-4-6-15/h2-6,9-12,16H,7-8,13-14H2,1H3,(H-,22,23,26,29). The van der Waals surface area contributed by atoms with Crippen LogP contribution in [-0.2, 0) is 13.1 Å². The molecule has 1 heterocycles. The highest BCUT2D eigenvalue weighted by Crippen LogP contribution is 2.21. The quantitative estimate of drug-likeness (QED) is 0.472. The van der Waals surface area contributed by atoms with Gasteiger partial charge in [-0.3, -0.25) is 0 Å². The number of methoxy groups -OCH3 is 1. The Labute approximate surface area is 174 Å². The van der Waals surface area contributed by atoms with E-state index in [2.05, 4.69) is 10.6 Å². The summed E-state index contributed by atoms with van der Waals surface area (Å²) in [5.74, 6) is 0.246. The van der Waals surface area contributed by atoms with Gasteiger partial charge in [0.2, 0.25) is 5.69 Å². The largest absolute Gasteiger partial charge is 0.539 e. The molecule has 0 radical (unpaired) electrons. The number of hydrogen-bond donors (Lipinski definition) is 1. The molecular weight excluding hydrogens is 388 g/mol. The molecule has 150 valence electrons. The topological polar surface area (TPSA) is 77.5 Å². The second-order valence-corrected chi connectivity index (χ2v) is 7.37. The van der Waals surface area contributed by atoms with Crippen LogP contribution in [0.25, 0.3) is 5.69 Å². The predicted octanol–water partition coefficient (Wildman–Crippen LogP) is 2.07. The molecule has 1 aromatic heterocycles. The van der Waals surface area contributed by atoms with Crippen molar-refractivity contribution >= 4 is 17.3 Å². The van der Waals surface area contributed by atoms with Crippen LogP contribution in [0.1, 0.15) is 24.1 Å². The Kier molecular flexibility index (Phi) is 5.62. The highest BCUT2D eigenvalue weighted by Gasteiger charge is 2.28. The zero-order valence-corrected chi connectivity index (χ0v) is 16.9. The van der Waals surface area contributed by atoms with E-state index in [1.54, 1.807) is 7.11 Å². The molecule has 0 saturated heterocycles. The molecule has 0 bridgehead atoms. The summed E-state index contributed by atoms with van der Waals surface area (Å²) in [4.78, 5) is 1.97. The van der Waals surface area contributed by atoms with Crippen molar-refractivity contribution in [3.05, 3.63) is 65.9 Å². The van der Waals surface area contributed by atoms with Crippen molar-refractivity contribution in [2.45, 2.75) is 32.0 Å². The summed E-state index contributed by atoms with van der Waals surface area (Å²) >= 11 is 5.64. The van der Waals surface area contributed by atoms with E-state index in [9.17, 15) is 5.11 Å². The molecule has 0 aliphatic heterocycles. The van der Waals surface area contributed by atoms with Crippen molar-refractivity contribution < 1.29 is 19.0 Å². The van der Waals surface area contributed by atoms with Crippen LogP contribution < -0.4 is 19.8 Å². The Morgan fingerprint density at radius 1 is 1.21 bits per heavy atom. The lowest BCUT2D eigenvalue weighted by Crippen LogP contribution is -2.44. The van der Waals surface area contributed by atoms with Crippen molar-refractivity contribution in [1.82, 2.24) is 15.5 Å². The highest BCUT2D eigenvalue weighted by molar-refractivity contribution is 7.80. The molecule has 1 aliphatic rings. The molecule has 8 heteroatoms. The maximum atomic E-state index is 12.4. The third kappa shape index (κ3) is 4.65. The first-order chi connectivity index (χ1) is 14.1.